The van der Waals surface area contributed by atoms with Gasteiger partial charge in [0.25, 0.3) is 5.91 Å². The third-order valence-electron chi connectivity index (χ3n) is 4.81. The van der Waals surface area contributed by atoms with Gasteiger partial charge in [-0.15, -0.1) is 10.2 Å². The van der Waals surface area contributed by atoms with E-state index in [9.17, 15) is 4.79 Å². The van der Waals surface area contributed by atoms with Gasteiger partial charge in [-0.05, 0) is 50.6 Å². The molecule has 1 aliphatic rings. The Morgan fingerprint density at radius 2 is 1.85 bits per heavy atom. The number of aryl methyl sites for hydroxylation is 1. The van der Waals surface area contributed by atoms with Gasteiger partial charge < -0.3 is 15.0 Å². The third kappa shape index (κ3) is 4.74. The summed E-state index contributed by atoms with van der Waals surface area (Å²) in [5, 5.41) is 10.7. The smallest absolute Gasteiger partial charge is 0.276 e. The average Bonchev–Trinajstić information content (AvgIpc) is 2.67. The molecule has 1 fully saturated rings. The van der Waals surface area contributed by atoms with E-state index in [1.807, 2.05) is 19.1 Å². The Bertz CT molecular complexity index is 783. The predicted octanol–water partition coefficient (Wildman–Crippen LogP) is 2.58. The minimum atomic E-state index is -0.286. The first kappa shape index (κ1) is 19.1. The van der Waals surface area contributed by atoms with Crippen molar-refractivity contribution in [3.05, 3.63) is 41.6 Å². The second kappa shape index (κ2) is 8.35. The van der Waals surface area contributed by atoms with E-state index in [1.54, 1.807) is 12.1 Å². The van der Waals surface area contributed by atoms with Crippen LogP contribution in [0.4, 0.5) is 11.4 Å². The van der Waals surface area contributed by atoms with E-state index in [0.29, 0.717) is 11.9 Å². The molecule has 0 saturated carbocycles. The van der Waals surface area contributed by atoms with Crippen molar-refractivity contribution in [2.45, 2.75) is 26.8 Å². The van der Waals surface area contributed by atoms with Gasteiger partial charge in [-0.2, -0.15) is 0 Å². The summed E-state index contributed by atoms with van der Waals surface area (Å²) in [6, 6.07) is 9.94. The molecule has 0 aliphatic carbocycles. The van der Waals surface area contributed by atoms with Crippen molar-refractivity contribution in [2.24, 2.45) is 0 Å². The van der Waals surface area contributed by atoms with Gasteiger partial charge in [-0.3, -0.25) is 9.69 Å². The van der Waals surface area contributed by atoms with Crippen LogP contribution in [-0.4, -0.2) is 60.3 Å². The van der Waals surface area contributed by atoms with E-state index in [1.165, 1.54) is 7.11 Å². The lowest BCUT2D eigenvalue weighted by Crippen LogP contribution is -2.48. The monoisotopic (exact) mass is 369 g/mol. The maximum Gasteiger partial charge on any atom is 0.276 e. The minimum absolute atomic E-state index is 0.254. The second-order valence-electron chi connectivity index (χ2n) is 7.09. The lowest BCUT2D eigenvalue weighted by Gasteiger charge is -2.38. The number of nitrogens with zero attached hydrogens (tertiary/aromatic N) is 4. The van der Waals surface area contributed by atoms with E-state index in [0.717, 1.165) is 43.1 Å². The summed E-state index contributed by atoms with van der Waals surface area (Å²) in [7, 11) is 1.51. The average molecular weight is 369 g/mol. The summed E-state index contributed by atoms with van der Waals surface area (Å²) >= 11 is 0. The molecule has 1 N–H and O–H groups in total. The van der Waals surface area contributed by atoms with Gasteiger partial charge in [0.05, 0.1) is 7.11 Å². The number of anilines is 2. The summed E-state index contributed by atoms with van der Waals surface area (Å²) in [4.78, 5) is 17.3. The zero-order valence-electron chi connectivity index (χ0n) is 16.4. The van der Waals surface area contributed by atoms with Crippen LogP contribution in [0.25, 0.3) is 0 Å². The molecule has 3 rings (SSSR count). The number of carbonyl (C=O) groups is 1. The highest BCUT2D eigenvalue weighted by molar-refractivity contribution is 6.03. The number of methoxy groups -OCH3 is 1. The van der Waals surface area contributed by atoms with E-state index in [4.69, 9.17) is 4.74 Å². The molecule has 27 heavy (non-hydrogen) atoms. The standard InChI is InChI=1S/C20H27N5O2/c1-14(2)24-7-9-25(10-8-24)17-12-15(3)11-16(13-17)21-20(26)18-5-6-19(27-4)23-22-18/h5-6,11-14H,7-10H2,1-4H3,(H,21,26). The summed E-state index contributed by atoms with van der Waals surface area (Å²) in [5.74, 6) is 0.0938. The van der Waals surface area contributed by atoms with Crippen LogP contribution in [0.15, 0.2) is 30.3 Å². The Kier molecular flexibility index (Phi) is 5.91. The molecule has 1 aromatic heterocycles. The fourth-order valence-corrected chi connectivity index (χ4v) is 3.26. The quantitative estimate of drug-likeness (QED) is 0.874. The maximum atomic E-state index is 12.5. The minimum Gasteiger partial charge on any atom is -0.480 e. The van der Waals surface area contributed by atoms with Gasteiger partial charge in [0.15, 0.2) is 5.69 Å². The number of rotatable bonds is 5. The van der Waals surface area contributed by atoms with Crippen LogP contribution in [0, 0.1) is 6.92 Å². The lowest BCUT2D eigenvalue weighted by atomic mass is 10.1. The van der Waals surface area contributed by atoms with Crippen molar-refractivity contribution < 1.29 is 9.53 Å². The first-order valence-corrected chi connectivity index (χ1v) is 9.26. The topological polar surface area (TPSA) is 70.6 Å². The zero-order chi connectivity index (χ0) is 19.4. The van der Waals surface area contributed by atoms with Crippen molar-refractivity contribution in [3.63, 3.8) is 0 Å². The highest BCUT2D eigenvalue weighted by atomic mass is 16.5. The lowest BCUT2D eigenvalue weighted by molar-refractivity contribution is 0.102. The van der Waals surface area contributed by atoms with E-state index in [2.05, 4.69) is 45.2 Å². The number of ether oxygens (including phenoxy) is 1. The van der Waals surface area contributed by atoms with E-state index in [-0.39, 0.29) is 11.6 Å². The fraction of sp³-hybridized carbons (Fsp3) is 0.450. The van der Waals surface area contributed by atoms with Gasteiger partial charge in [-0.1, -0.05) is 0 Å². The molecule has 1 amide bonds. The fourth-order valence-electron chi connectivity index (χ4n) is 3.26. The Labute approximate surface area is 160 Å². The Hall–Kier alpha value is -2.67. The SMILES string of the molecule is COc1ccc(C(=O)Nc2cc(C)cc(N3CCN(C(C)C)CC3)c2)nn1. The molecule has 1 aromatic carbocycles. The number of aromatic nitrogens is 2. The van der Waals surface area contributed by atoms with Gasteiger partial charge in [0.1, 0.15) is 0 Å². The largest absolute Gasteiger partial charge is 0.480 e. The van der Waals surface area contributed by atoms with Crippen LogP contribution in [0.5, 0.6) is 5.88 Å². The molecular weight excluding hydrogens is 342 g/mol. The molecule has 1 aliphatic heterocycles. The first-order chi connectivity index (χ1) is 13.0. The van der Waals surface area contributed by atoms with Crippen molar-refractivity contribution in [1.29, 1.82) is 0 Å². The molecule has 0 atom stereocenters. The molecule has 2 aromatic rings. The van der Waals surface area contributed by atoms with Crippen molar-refractivity contribution in [2.75, 3.05) is 43.5 Å². The summed E-state index contributed by atoms with van der Waals surface area (Å²) in [5.41, 5.74) is 3.26. The summed E-state index contributed by atoms with van der Waals surface area (Å²) in [6.07, 6.45) is 0. The molecule has 0 unspecified atom stereocenters. The number of carbonyl (C=O) groups excluding carboxylic acids is 1. The molecular formula is C20H27N5O2. The van der Waals surface area contributed by atoms with Crippen LogP contribution < -0.4 is 15.0 Å². The molecule has 0 radical (unpaired) electrons. The Morgan fingerprint density at radius 3 is 2.44 bits per heavy atom. The summed E-state index contributed by atoms with van der Waals surface area (Å²) < 4.78 is 4.97. The van der Waals surface area contributed by atoms with Crippen LogP contribution in [-0.2, 0) is 0 Å². The van der Waals surface area contributed by atoms with Crippen molar-refractivity contribution in [1.82, 2.24) is 15.1 Å². The molecule has 0 spiro atoms. The number of benzene rings is 1. The maximum absolute atomic E-state index is 12.5. The molecule has 2 heterocycles. The summed E-state index contributed by atoms with van der Waals surface area (Å²) in [6.45, 7) is 10.6. The Balaban J connectivity index is 1.70. The molecule has 1 saturated heterocycles. The van der Waals surface area contributed by atoms with Crippen molar-refractivity contribution >= 4 is 17.3 Å². The number of hydrogen-bond donors (Lipinski definition) is 1. The molecule has 7 heteroatoms. The zero-order valence-corrected chi connectivity index (χ0v) is 16.4. The molecule has 144 valence electrons. The normalized spacial score (nSPS) is 15.1. The van der Waals surface area contributed by atoms with Gasteiger partial charge in [0, 0.05) is 49.7 Å². The first-order valence-electron chi connectivity index (χ1n) is 9.26. The van der Waals surface area contributed by atoms with Crippen LogP contribution in [0.1, 0.15) is 29.9 Å². The van der Waals surface area contributed by atoms with Gasteiger partial charge in [-0.25, -0.2) is 0 Å². The number of piperazine rings is 1. The van der Waals surface area contributed by atoms with Gasteiger partial charge >= 0.3 is 0 Å². The molecule has 0 bridgehead atoms. The molecule has 7 nitrogen and oxygen atoms in total. The highest BCUT2D eigenvalue weighted by Crippen LogP contribution is 2.24. The third-order valence-corrected chi connectivity index (χ3v) is 4.81. The predicted molar refractivity (Wildman–Crippen MR) is 107 cm³/mol. The second-order valence-corrected chi connectivity index (χ2v) is 7.09. The Morgan fingerprint density at radius 1 is 1.11 bits per heavy atom. The number of nitrogens with one attached hydrogen (secondary N) is 1. The van der Waals surface area contributed by atoms with Gasteiger partial charge in [0.2, 0.25) is 5.88 Å². The highest BCUT2D eigenvalue weighted by Gasteiger charge is 2.19. The van der Waals surface area contributed by atoms with Crippen LogP contribution in [0.3, 0.4) is 0 Å². The number of hydrogen-bond acceptors (Lipinski definition) is 6. The van der Waals surface area contributed by atoms with E-state index < -0.39 is 0 Å². The number of amides is 1. The van der Waals surface area contributed by atoms with Crippen LogP contribution >= 0.6 is 0 Å². The van der Waals surface area contributed by atoms with E-state index >= 15 is 0 Å². The van der Waals surface area contributed by atoms with Crippen molar-refractivity contribution in [3.8, 4) is 5.88 Å². The van der Waals surface area contributed by atoms with Crippen LogP contribution in [0.2, 0.25) is 0 Å².